The topological polar surface area (TPSA) is 64.4 Å². The van der Waals surface area contributed by atoms with Crippen molar-refractivity contribution in [2.75, 3.05) is 17.7 Å². The number of rotatable bonds is 5. The van der Waals surface area contributed by atoms with E-state index in [1.165, 1.54) is 0 Å². The van der Waals surface area contributed by atoms with Crippen LogP contribution in [0.5, 0.6) is 0 Å². The van der Waals surface area contributed by atoms with E-state index in [2.05, 4.69) is 6.07 Å². The van der Waals surface area contributed by atoms with Gasteiger partial charge in [0, 0.05) is 29.6 Å². The lowest BCUT2D eigenvalue weighted by Crippen LogP contribution is -2.58. The van der Waals surface area contributed by atoms with Gasteiger partial charge >= 0.3 is 0 Å². The number of anilines is 1. The normalized spacial score (nSPS) is 24.1. The predicted octanol–water partition coefficient (Wildman–Crippen LogP) is 3.20. The van der Waals surface area contributed by atoms with Crippen molar-refractivity contribution < 1.29 is 9.59 Å². The van der Waals surface area contributed by atoms with Gasteiger partial charge in [-0.1, -0.05) is 6.07 Å². The van der Waals surface area contributed by atoms with Crippen LogP contribution >= 0.6 is 11.8 Å². The summed E-state index contributed by atoms with van der Waals surface area (Å²) in [6, 6.07) is 10.5. The van der Waals surface area contributed by atoms with Gasteiger partial charge in [-0.3, -0.25) is 9.59 Å². The molecule has 136 valence electrons. The lowest BCUT2D eigenvalue weighted by Gasteiger charge is -2.46. The van der Waals surface area contributed by atoms with E-state index in [0.29, 0.717) is 6.54 Å². The van der Waals surface area contributed by atoms with Gasteiger partial charge in [-0.15, -0.1) is 11.8 Å². The van der Waals surface area contributed by atoms with E-state index in [1.54, 1.807) is 16.7 Å². The molecule has 1 atom stereocenters. The second-order valence-electron chi connectivity index (χ2n) is 7.54. The first kappa shape index (κ1) is 17.4. The third-order valence-electron chi connectivity index (χ3n) is 5.84. The predicted molar refractivity (Wildman–Crippen MR) is 101 cm³/mol. The van der Waals surface area contributed by atoms with Gasteiger partial charge in [-0.2, -0.15) is 5.26 Å². The van der Waals surface area contributed by atoms with Crippen molar-refractivity contribution in [1.29, 1.82) is 5.26 Å². The Morgan fingerprint density at radius 2 is 2.15 bits per heavy atom. The summed E-state index contributed by atoms with van der Waals surface area (Å²) in [5.74, 6) is -0.338. The van der Waals surface area contributed by atoms with Crippen LogP contribution in [-0.4, -0.2) is 41.1 Å². The first-order valence-electron chi connectivity index (χ1n) is 9.27. The van der Waals surface area contributed by atoms with Gasteiger partial charge in [0.2, 0.25) is 11.8 Å². The van der Waals surface area contributed by atoms with Gasteiger partial charge in [0.05, 0.1) is 12.0 Å². The average Bonchev–Trinajstić information content (AvgIpc) is 3.38. The Labute approximate surface area is 158 Å². The smallest absolute Gasteiger partial charge is 0.229 e. The molecule has 1 heterocycles. The molecule has 0 spiro atoms. The van der Waals surface area contributed by atoms with Gasteiger partial charge in [-0.05, 0) is 56.6 Å². The summed E-state index contributed by atoms with van der Waals surface area (Å²) in [7, 11) is 0. The van der Waals surface area contributed by atoms with E-state index in [4.69, 9.17) is 0 Å². The maximum absolute atomic E-state index is 13.3. The SMILES string of the molecule is CSc1cccc(N2CC(C(=O)N(C3CC3)C3(C#N)CCC3)CC2=O)c1. The van der Waals surface area contributed by atoms with E-state index in [1.807, 2.05) is 35.4 Å². The fraction of sp³-hybridized carbons (Fsp3) is 0.550. The number of carbonyl (C=O) groups excluding carboxylic acids is 2. The molecule has 1 saturated heterocycles. The molecular formula is C20H23N3O2S. The van der Waals surface area contributed by atoms with Crippen LogP contribution in [-0.2, 0) is 9.59 Å². The molecule has 0 aromatic heterocycles. The summed E-state index contributed by atoms with van der Waals surface area (Å²) in [4.78, 5) is 30.5. The molecule has 26 heavy (non-hydrogen) atoms. The first-order chi connectivity index (χ1) is 12.6. The van der Waals surface area contributed by atoms with E-state index in [-0.39, 0.29) is 30.2 Å². The molecular weight excluding hydrogens is 346 g/mol. The minimum atomic E-state index is -0.618. The van der Waals surface area contributed by atoms with Crippen LogP contribution in [0.15, 0.2) is 29.2 Å². The maximum Gasteiger partial charge on any atom is 0.229 e. The van der Waals surface area contributed by atoms with E-state index in [0.717, 1.165) is 42.7 Å². The minimum absolute atomic E-state index is 0.00281. The van der Waals surface area contributed by atoms with Crippen LogP contribution in [0.25, 0.3) is 0 Å². The first-order valence-corrected chi connectivity index (χ1v) is 10.5. The zero-order valence-corrected chi connectivity index (χ0v) is 15.8. The number of nitriles is 1. The maximum atomic E-state index is 13.3. The quantitative estimate of drug-likeness (QED) is 0.748. The summed E-state index contributed by atoms with van der Waals surface area (Å²) in [5.41, 5.74) is 0.238. The third kappa shape index (κ3) is 2.88. The molecule has 6 heteroatoms. The van der Waals surface area contributed by atoms with E-state index in [9.17, 15) is 14.9 Å². The molecule has 1 aromatic rings. The van der Waals surface area contributed by atoms with Gasteiger partial charge in [0.1, 0.15) is 5.54 Å². The number of nitrogens with zero attached hydrogens (tertiary/aromatic N) is 3. The molecule has 2 aliphatic carbocycles. The molecule has 3 aliphatic rings. The second kappa shape index (κ2) is 6.62. The molecule has 0 N–H and O–H groups in total. The Bertz CT molecular complexity index is 780. The lowest BCUT2D eigenvalue weighted by molar-refractivity contribution is -0.143. The highest BCUT2D eigenvalue weighted by atomic mass is 32.2. The van der Waals surface area contributed by atoms with Crippen LogP contribution in [0.3, 0.4) is 0 Å². The zero-order valence-electron chi connectivity index (χ0n) is 15.0. The van der Waals surface area contributed by atoms with Gasteiger partial charge < -0.3 is 9.80 Å². The molecule has 4 rings (SSSR count). The van der Waals surface area contributed by atoms with E-state index >= 15 is 0 Å². The van der Waals surface area contributed by atoms with Crippen LogP contribution < -0.4 is 4.90 Å². The van der Waals surface area contributed by atoms with Crippen molar-refractivity contribution in [1.82, 2.24) is 4.90 Å². The Hall–Kier alpha value is -2.00. The summed E-state index contributed by atoms with van der Waals surface area (Å²) >= 11 is 1.63. The van der Waals surface area contributed by atoms with E-state index < -0.39 is 5.54 Å². The fourth-order valence-corrected chi connectivity index (χ4v) is 4.54. The Morgan fingerprint density at radius 3 is 2.73 bits per heavy atom. The third-order valence-corrected chi connectivity index (χ3v) is 6.56. The van der Waals surface area contributed by atoms with Crippen molar-refractivity contribution in [2.45, 2.75) is 55.0 Å². The molecule has 5 nitrogen and oxygen atoms in total. The van der Waals surface area contributed by atoms with Crippen molar-refractivity contribution in [3.8, 4) is 6.07 Å². The van der Waals surface area contributed by atoms with Crippen molar-refractivity contribution >= 4 is 29.3 Å². The van der Waals surface area contributed by atoms with Crippen molar-refractivity contribution in [3.05, 3.63) is 24.3 Å². The summed E-state index contributed by atoms with van der Waals surface area (Å²) < 4.78 is 0. The fourth-order valence-electron chi connectivity index (χ4n) is 4.09. The van der Waals surface area contributed by atoms with Crippen LogP contribution in [0, 0.1) is 17.2 Å². The van der Waals surface area contributed by atoms with Gasteiger partial charge in [-0.25, -0.2) is 0 Å². The van der Waals surface area contributed by atoms with Crippen LogP contribution in [0.1, 0.15) is 38.5 Å². The summed E-state index contributed by atoms with van der Waals surface area (Å²) in [5, 5.41) is 9.69. The molecule has 2 amide bonds. The highest BCUT2D eigenvalue weighted by Crippen LogP contribution is 2.45. The van der Waals surface area contributed by atoms with Gasteiger partial charge in [0.25, 0.3) is 0 Å². The molecule has 0 radical (unpaired) electrons. The highest BCUT2D eigenvalue weighted by molar-refractivity contribution is 7.98. The van der Waals surface area contributed by atoms with Crippen LogP contribution in [0.4, 0.5) is 5.69 Å². The van der Waals surface area contributed by atoms with Gasteiger partial charge in [0.15, 0.2) is 0 Å². The Balaban J connectivity index is 1.54. The number of hydrogen-bond acceptors (Lipinski definition) is 4. The number of amides is 2. The largest absolute Gasteiger partial charge is 0.321 e. The van der Waals surface area contributed by atoms with Crippen LogP contribution in [0.2, 0.25) is 0 Å². The molecule has 2 saturated carbocycles. The minimum Gasteiger partial charge on any atom is -0.321 e. The molecule has 1 aliphatic heterocycles. The lowest BCUT2D eigenvalue weighted by atomic mass is 9.75. The Morgan fingerprint density at radius 1 is 1.38 bits per heavy atom. The number of hydrogen-bond donors (Lipinski definition) is 0. The molecule has 1 unspecified atom stereocenters. The number of thioether (sulfide) groups is 1. The summed E-state index contributed by atoms with van der Waals surface area (Å²) in [6.45, 7) is 0.417. The average molecular weight is 369 g/mol. The second-order valence-corrected chi connectivity index (χ2v) is 8.42. The molecule has 0 bridgehead atoms. The number of benzene rings is 1. The Kier molecular flexibility index (Phi) is 4.44. The monoisotopic (exact) mass is 369 g/mol. The number of carbonyl (C=O) groups is 2. The van der Waals surface area contributed by atoms with Crippen molar-refractivity contribution in [2.24, 2.45) is 5.92 Å². The standard InChI is InChI=1S/C20H23N3O2S/c1-26-17-5-2-4-16(11-17)22-12-14(10-18(22)24)19(25)23(15-6-7-15)20(13-21)8-3-9-20/h2,4-5,11,14-15H,3,6-10,12H2,1H3. The molecule has 1 aromatic carbocycles. The van der Waals surface area contributed by atoms with Crippen molar-refractivity contribution in [3.63, 3.8) is 0 Å². The highest BCUT2D eigenvalue weighted by Gasteiger charge is 2.53. The summed E-state index contributed by atoms with van der Waals surface area (Å²) in [6.07, 6.45) is 6.75. The zero-order chi connectivity index (χ0) is 18.3. The molecule has 3 fully saturated rings.